The van der Waals surface area contributed by atoms with E-state index in [1.54, 1.807) is 24.3 Å². The van der Waals surface area contributed by atoms with Crippen LogP contribution in [0.4, 0.5) is 5.69 Å². The molecule has 0 aromatic heterocycles. The maximum Gasteiger partial charge on any atom is 0.276 e. The van der Waals surface area contributed by atoms with Gasteiger partial charge in [-0.15, -0.1) is 0 Å². The van der Waals surface area contributed by atoms with E-state index in [-0.39, 0.29) is 12.3 Å². The van der Waals surface area contributed by atoms with Crippen molar-refractivity contribution in [2.45, 2.75) is 20.3 Å². The van der Waals surface area contributed by atoms with Crippen molar-refractivity contribution in [1.82, 2.24) is 10.9 Å². The Bertz CT molecular complexity index is 834. The molecule has 2 rings (SSSR count). The van der Waals surface area contributed by atoms with E-state index in [1.165, 1.54) is 24.3 Å². The summed E-state index contributed by atoms with van der Waals surface area (Å²) < 4.78 is 10.8. The number of carbonyl (C=O) groups excluding carboxylic acids is 2. The van der Waals surface area contributed by atoms with Crippen LogP contribution in [0.15, 0.2) is 48.5 Å². The van der Waals surface area contributed by atoms with E-state index in [0.29, 0.717) is 29.6 Å². The fraction of sp³-hybridized carbons (Fsp3) is 0.300. The molecule has 0 aliphatic heterocycles. The minimum absolute atomic E-state index is 0.0783. The number of non-ortho nitro benzene ring substituents is 1. The number of nitro benzene ring substituents is 1. The molecule has 0 bridgehead atoms. The Balaban J connectivity index is 1.73. The van der Waals surface area contributed by atoms with Gasteiger partial charge in [-0.1, -0.05) is 13.8 Å². The summed E-state index contributed by atoms with van der Waals surface area (Å²) in [4.78, 5) is 33.9. The summed E-state index contributed by atoms with van der Waals surface area (Å²) in [6, 6.07) is 11.9. The van der Waals surface area contributed by atoms with Gasteiger partial charge in [-0.25, -0.2) is 0 Å². The van der Waals surface area contributed by atoms with Crippen LogP contribution in [-0.2, 0) is 4.79 Å². The van der Waals surface area contributed by atoms with Gasteiger partial charge in [-0.3, -0.25) is 30.6 Å². The largest absolute Gasteiger partial charge is 0.494 e. The minimum Gasteiger partial charge on any atom is -0.494 e. The number of hydrogen-bond acceptors (Lipinski definition) is 6. The molecule has 0 radical (unpaired) electrons. The summed E-state index contributed by atoms with van der Waals surface area (Å²) in [7, 11) is 0. The van der Waals surface area contributed by atoms with Gasteiger partial charge in [-0.2, -0.15) is 0 Å². The summed E-state index contributed by atoms with van der Waals surface area (Å²) in [6.45, 7) is 4.47. The Labute approximate surface area is 168 Å². The van der Waals surface area contributed by atoms with Crippen LogP contribution in [-0.4, -0.2) is 30.0 Å². The molecule has 0 atom stereocenters. The second-order valence-corrected chi connectivity index (χ2v) is 6.60. The van der Waals surface area contributed by atoms with E-state index < -0.39 is 16.7 Å². The third-order valence-electron chi connectivity index (χ3n) is 3.81. The molecule has 0 aliphatic carbocycles. The predicted octanol–water partition coefficient (Wildman–Crippen LogP) is 2.86. The van der Waals surface area contributed by atoms with Crippen molar-refractivity contribution in [3.05, 3.63) is 64.2 Å². The standard InChI is InChI=1S/C20H23N3O6/c1-14(2)11-12-28-17-7-3-15(4-8-17)20(25)22-21-19(24)13-29-18-9-5-16(6-10-18)23(26)27/h3-10,14H,11-13H2,1-2H3,(H,21,24)(H,22,25). The molecule has 2 N–H and O–H groups in total. The maximum absolute atomic E-state index is 12.1. The quantitative estimate of drug-likeness (QED) is 0.492. The van der Waals surface area contributed by atoms with Crippen molar-refractivity contribution in [3.63, 3.8) is 0 Å². The van der Waals surface area contributed by atoms with E-state index in [2.05, 4.69) is 24.7 Å². The Morgan fingerprint density at radius 3 is 2.14 bits per heavy atom. The zero-order valence-electron chi connectivity index (χ0n) is 16.2. The third-order valence-corrected chi connectivity index (χ3v) is 3.81. The highest BCUT2D eigenvalue weighted by Gasteiger charge is 2.09. The summed E-state index contributed by atoms with van der Waals surface area (Å²) >= 11 is 0. The van der Waals surface area contributed by atoms with Gasteiger partial charge in [0.15, 0.2) is 6.61 Å². The van der Waals surface area contributed by atoms with E-state index in [4.69, 9.17) is 9.47 Å². The first-order chi connectivity index (χ1) is 13.8. The molecule has 0 spiro atoms. The lowest BCUT2D eigenvalue weighted by molar-refractivity contribution is -0.384. The average molecular weight is 401 g/mol. The van der Waals surface area contributed by atoms with Crippen LogP contribution in [0.3, 0.4) is 0 Å². The van der Waals surface area contributed by atoms with Crippen molar-refractivity contribution in [2.24, 2.45) is 5.92 Å². The third kappa shape index (κ3) is 7.49. The number of amides is 2. The number of nitrogens with one attached hydrogen (secondary N) is 2. The lowest BCUT2D eigenvalue weighted by Crippen LogP contribution is -2.43. The number of ether oxygens (including phenoxy) is 2. The van der Waals surface area contributed by atoms with Gasteiger partial charge in [0, 0.05) is 17.7 Å². The first-order valence-electron chi connectivity index (χ1n) is 9.04. The molecular weight excluding hydrogens is 378 g/mol. The van der Waals surface area contributed by atoms with Crippen LogP contribution in [0.5, 0.6) is 11.5 Å². The molecule has 0 fully saturated rings. The van der Waals surface area contributed by atoms with Crippen molar-refractivity contribution >= 4 is 17.5 Å². The van der Waals surface area contributed by atoms with E-state index in [9.17, 15) is 19.7 Å². The Morgan fingerprint density at radius 2 is 1.55 bits per heavy atom. The van der Waals surface area contributed by atoms with E-state index in [0.717, 1.165) is 6.42 Å². The van der Waals surface area contributed by atoms with Crippen molar-refractivity contribution in [1.29, 1.82) is 0 Å². The van der Waals surface area contributed by atoms with Crippen molar-refractivity contribution in [3.8, 4) is 11.5 Å². The smallest absolute Gasteiger partial charge is 0.276 e. The molecule has 0 aliphatic rings. The van der Waals surface area contributed by atoms with Gasteiger partial charge >= 0.3 is 0 Å². The molecular formula is C20H23N3O6. The van der Waals surface area contributed by atoms with Gasteiger partial charge in [0.2, 0.25) is 0 Å². The summed E-state index contributed by atoms with van der Waals surface area (Å²) in [6.07, 6.45) is 0.941. The SMILES string of the molecule is CC(C)CCOc1ccc(C(=O)NNC(=O)COc2ccc([N+](=O)[O-])cc2)cc1. The summed E-state index contributed by atoms with van der Waals surface area (Å²) in [5.74, 6) is 0.452. The Kier molecular flexibility index (Phi) is 7.96. The fourth-order valence-electron chi connectivity index (χ4n) is 2.16. The van der Waals surface area contributed by atoms with Gasteiger partial charge in [0.05, 0.1) is 11.5 Å². The van der Waals surface area contributed by atoms with Crippen LogP contribution in [0, 0.1) is 16.0 Å². The number of hydrogen-bond donors (Lipinski definition) is 2. The van der Waals surface area contributed by atoms with Crippen LogP contribution in [0.2, 0.25) is 0 Å². The zero-order chi connectivity index (χ0) is 21.2. The van der Waals surface area contributed by atoms with E-state index >= 15 is 0 Å². The normalized spacial score (nSPS) is 10.3. The second kappa shape index (κ2) is 10.6. The summed E-state index contributed by atoms with van der Waals surface area (Å²) in [5.41, 5.74) is 4.81. The molecule has 0 saturated heterocycles. The average Bonchev–Trinajstić information content (AvgIpc) is 2.71. The first-order valence-corrected chi connectivity index (χ1v) is 9.04. The van der Waals surface area contributed by atoms with Crippen LogP contribution < -0.4 is 20.3 Å². The number of hydrazine groups is 1. The van der Waals surface area contributed by atoms with Gasteiger partial charge in [0.25, 0.3) is 17.5 Å². The topological polar surface area (TPSA) is 120 Å². The van der Waals surface area contributed by atoms with Crippen molar-refractivity contribution in [2.75, 3.05) is 13.2 Å². The molecule has 0 heterocycles. The van der Waals surface area contributed by atoms with Crippen LogP contribution in [0.1, 0.15) is 30.6 Å². The number of carbonyl (C=O) groups is 2. The molecule has 0 unspecified atom stereocenters. The molecule has 2 amide bonds. The van der Waals surface area contributed by atoms with Crippen LogP contribution in [0.25, 0.3) is 0 Å². The van der Waals surface area contributed by atoms with E-state index in [1.807, 2.05) is 0 Å². The maximum atomic E-state index is 12.1. The second-order valence-electron chi connectivity index (χ2n) is 6.60. The Morgan fingerprint density at radius 1 is 0.966 bits per heavy atom. The molecule has 2 aromatic carbocycles. The molecule has 9 nitrogen and oxygen atoms in total. The minimum atomic E-state index is -0.578. The van der Waals surface area contributed by atoms with Gasteiger partial charge < -0.3 is 9.47 Å². The number of rotatable bonds is 9. The number of nitro groups is 1. The molecule has 29 heavy (non-hydrogen) atoms. The summed E-state index contributed by atoms with van der Waals surface area (Å²) in [5, 5.41) is 10.6. The molecule has 0 saturated carbocycles. The predicted molar refractivity (Wildman–Crippen MR) is 106 cm³/mol. The Hall–Kier alpha value is -3.62. The van der Waals surface area contributed by atoms with Crippen LogP contribution >= 0.6 is 0 Å². The monoisotopic (exact) mass is 401 g/mol. The highest BCUT2D eigenvalue weighted by atomic mass is 16.6. The highest BCUT2D eigenvalue weighted by molar-refractivity contribution is 5.95. The molecule has 2 aromatic rings. The lowest BCUT2D eigenvalue weighted by atomic mass is 10.1. The molecule has 154 valence electrons. The highest BCUT2D eigenvalue weighted by Crippen LogP contribution is 2.17. The fourth-order valence-corrected chi connectivity index (χ4v) is 2.16. The van der Waals surface area contributed by atoms with Gasteiger partial charge in [0.1, 0.15) is 11.5 Å². The van der Waals surface area contributed by atoms with Crippen molar-refractivity contribution < 1.29 is 24.0 Å². The first kappa shape index (κ1) is 21.7. The van der Waals surface area contributed by atoms with Gasteiger partial charge in [-0.05, 0) is 48.7 Å². The number of nitrogens with zero attached hydrogens (tertiary/aromatic N) is 1. The lowest BCUT2D eigenvalue weighted by Gasteiger charge is -2.10. The number of benzene rings is 2. The molecule has 9 heteroatoms. The zero-order valence-corrected chi connectivity index (χ0v) is 16.2.